The molecular weight excluding hydrogens is 188 g/mol. The molecule has 1 aliphatic heterocycles. The molecule has 0 unspecified atom stereocenters. The first-order chi connectivity index (χ1) is 7.30. The molecule has 1 N–H and O–H groups in total. The van der Waals surface area contributed by atoms with Crippen molar-refractivity contribution in [1.82, 2.24) is 9.80 Å². The quantitative estimate of drug-likeness (QED) is 0.715. The van der Waals surface area contributed by atoms with Crippen LogP contribution in [0.25, 0.3) is 0 Å². The van der Waals surface area contributed by atoms with E-state index in [0.29, 0.717) is 6.61 Å². The third-order valence-corrected chi connectivity index (χ3v) is 3.55. The Balaban J connectivity index is 2.19. The van der Waals surface area contributed by atoms with Crippen molar-refractivity contribution in [3.8, 4) is 0 Å². The second kappa shape index (κ2) is 7.20. The lowest BCUT2D eigenvalue weighted by Gasteiger charge is -2.35. The summed E-state index contributed by atoms with van der Waals surface area (Å²) in [5.74, 6) is 0.870. The van der Waals surface area contributed by atoms with Crippen LogP contribution >= 0.6 is 0 Å². The van der Waals surface area contributed by atoms with Gasteiger partial charge in [0.2, 0.25) is 0 Å². The number of hydrogen-bond acceptors (Lipinski definition) is 3. The maximum absolute atomic E-state index is 8.85. The highest BCUT2D eigenvalue weighted by Gasteiger charge is 2.18. The highest BCUT2D eigenvalue weighted by molar-refractivity contribution is 4.73. The fourth-order valence-electron chi connectivity index (χ4n) is 2.25. The van der Waals surface area contributed by atoms with Gasteiger partial charge < -0.3 is 10.0 Å². The molecule has 0 aromatic rings. The van der Waals surface area contributed by atoms with Gasteiger partial charge in [-0.2, -0.15) is 0 Å². The van der Waals surface area contributed by atoms with Crippen molar-refractivity contribution in [2.45, 2.75) is 26.7 Å². The molecule has 90 valence electrons. The van der Waals surface area contributed by atoms with Crippen molar-refractivity contribution in [3.05, 3.63) is 0 Å². The van der Waals surface area contributed by atoms with Crippen molar-refractivity contribution >= 4 is 0 Å². The number of rotatable bonds is 6. The van der Waals surface area contributed by atoms with Gasteiger partial charge in [-0.25, -0.2) is 0 Å². The molecule has 0 bridgehead atoms. The van der Waals surface area contributed by atoms with Crippen LogP contribution in [0.5, 0.6) is 0 Å². The van der Waals surface area contributed by atoms with Gasteiger partial charge in [0.25, 0.3) is 0 Å². The van der Waals surface area contributed by atoms with Crippen LogP contribution in [0.3, 0.4) is 0 Å². The summed E-state index contributed by atoms with van der Waals surface area (Å²) in [5.41, 5.74) is 0. The summed E-state index contributed by atoms with van der Waals surface area (Å²) in [4.78, 5) is 4.93. The lowest BCUT2D eigenvalue weighted by Crippen LogP contribution is -2.48. The Morgan fingerprint density at radius 3 is 2.00 bits per heavy atom. The normalized spacial score (nSPS) is 20.0. The molecule has 3 nitrogen and oxygen atoms in total. The van der Waals surface area contributed by atoms with Crippen LogP contribution < -0.4 is 0 Å². The van der Waals surface area contributed by atoms with Gasteiger partial charge in [-0.1, -0.05) is 26.7 Å². The van der Waals surface area contributed by atoms with Crippen LogP contribution in [-0.2, 0) is 0 Å². The highest BCUT2D eigenvalue weighted by Crippen LogP contribution is 2.11. The predicted molar refractivity (Wildman–Crippen MR) is 64.0 cm³/mol. The zero-order valence-electron chi connectivity index (χ0n) is 10.3. The van der Waals surface area contributed by atoms with Gasteiger partial charge >= 0.3 is 0 Å². The Labute approximate surface area is 94.1 Å². The summed E-state index contributed by atoms with van der Waals surface area (Å²) in [6, 6.07) is 0. The second-order valence-electron chi connectivity index (χ2n) is 4.55. The Morgan fingerprint density at radius 1 is 1.00 bits per heavy atom. The summed E-state index contributed by atoms with van der Waals surface area (Å²) in [6.07, 6.45) is 2.60. The molecule has 0 amide bonds. The van der Waals surface area contributed by atoms with Crippen molar-refractivity contribution in [2.75, 3.05) is 45.9 Å². The molecule has 1 saturated heterocycles. The van der Waals surface area contributed by atoms with Gasteiger partial charge in [0.05, 0.1) is 6.61 Å². The molecule has 1 heterocycles. The van der Waals surface area contributed by atoms with Crippen molar-refractivity contribution in [1.29, 1.82) is 0 Å². The minimum Gasteiger partial charge on any atom is -0.395 e. The van der Waals surface area contributed by atoms with Crippen molar-refractivity contribution in [2.24, 2.45) is 5.92 Å². The summed E-state index contributed by atoms with van der Waals surface area (Å²) < 4.78 is 0. The first-order valence-corrected chi connectivity index (χ1v) is 6.35. The van der Waals surface area contributed by atoms with Crippen LogP contribution in [0.1, 0.15) is 26.7 Å². The van der Waals surface area contributed by atoms with E-state index in [9.17, 15) is 0 Å². The fourth-order valence-corrected chi connectivity index (χ4v) is 2.25. The van der Waals surface area contributed by atoms with Gasteiger partial charge in [-0.3, -0.25) is 4.90 Å². The molecule has 0 saturated carbocycles. The van der Waals surface area contributed by atoms with E-state index in [1.54, 1.807) is 0 Å². The van der Waals surface area contributed by atoms with Crippen LogP contribution in [-0.4, -0.2) is 60.8 Å². The SMILES string of the molecule is CCC(CC)CN1CCN(CCO)CC1. The van der Waals surface area contributed by atoms with Gasteiger partial charge in [-0.15, -0.1) is 0 Å². The number of aliphatic hydroxyl groups excluding tert-OH is 1. The van der Waals surface area contributed by atoms with Crippen molar-refractivity contribution < 1.29 is 5.11 Å². The standard InChI is InChI=1S/C12H26N2O/c1-3-12(4-2)11-14-7-5-13(6-8-14)9-10-15/h12,15H,3-11H2,1-2H3. The fraction of sp³-hybridized carbons (Fsp3) is 1.00. The number of piperazine rings is 1. The van der Waals surface area contributed by atoms with E-state index in [1.807, 2.05) is 0 Å². The minimum absolute atomic E-state index is 0.298. The first kappa shape index (κ1) is 12.9. The maximum atomic E-state index is 8.85. The topological polar surface area (TPSA) is 26.7 Å². The van der Waals surface area contributed by atoms with Crippen LogP contribution in [0.15, 0.2) is 0 Å². The Bertz CT molecular complexity index is 152. The Hall–Kier alpha value is -0.120. The number of nitrogens with zero attached hydrogens (tertiary/aromatic N) is 2. The van der Waals surface area contributed by atoms with Gasteiger partial charge in [-0.05, 0) is 5.92 Å². The molecule has 0 aromatic heterocycles. The average Bonchev–Trinajstić information content (AvgIpc) is 2.28. The summed E-state index contributed by atoms with van der Waals surface area (Å²) in [6.45, 7) is 11.6. The monoisotopic (exact) mass is 214 g/mol. The van der Waals surface area contributed by atoms with E-state index in [-0.39, 0.29) is 0 Å². The van der Waals surface area contributed by atoms with E-state index < -0.39 is 0 Å². The molecule has 0 radical (unpaired) electrons. The van der Waals surface area contributed by atoms with Crippen LogP contribution in [0.4, 0.5) is 0 Å². The lowest BCUT2D eigenvalue weighted by atomic mass is 10.0. The number of aliphatic hydroxyl groups is 1. The van der Waals surface area contributed by atoms with E-state index in [1.165, 1.54) is 32.5 Å². The molecule has 0 aromatic carbocycles. The molecule has 0 spiro atoms. The first-order valence-electron chi connectivity index (χ1n) is 6.35. The molecule has 0 atom stereocenters. The zero-order valence-corrected chi connectivity index (χ0v) is 10.3. The van der Waals surface area contributed by atoms with E-state index in [0.717, 1.165) is 25.6 Å². The van der Waals surface area contributed by atoms with E-state index in [4.69, 9.17) is 5.11 Å². The zero-order chi connectivity index (χ0) is 11.1. The maximum Gasteiger partial charge on any atom is 0.0558 e. The average molecular weight is 214 g/mol. The third-order valence-electron chi connectivity index (χ3n) is 3.55. The number of hydrogen-bond donors (Lipinski definition) is 1. The summed E-state index contributed by atoms with van der Waals surface area (Å²) in [5, 5.41) is 8.85. The van der Waals surface area contributed by atoms with Crippen LogP contribution in [0, 0.1) is 5.92 Å². The molecule has 1 rings (SSSR count). The van der Waals surface area contributed by atoms with Gasteiger partial charge in [0.15, 0.2) is 0 Å². The van der Waals surface area contributed by atoms with E-state index in [2.05, 4.69) is 23.6 Å². The summed E-state index contributed by atoms with van der Waals surface area (Å²) >= 11 is 0. The largest absolute Gasteiger partial charge is 0.395 e. The molecule has 1 fully saturated rings. The molecular formula is C12H26N2O. The molecule has 15 heavy (non-hydrogen) atoms. The Morgan fingerprint density at radius 2 is 1.53 bits per heavy atom. The predicted octanol–water partition coefficient (Wildman–Crippen LogP) is 1.03. The van der Waals surface area contributed by atoms with Crippen LogP contribution in [0.2, 0.25) is 0 Å². The van der Waals surface area contributed by atoms with Crippen molar-refractivity contribution in [3.63, 3.8) is 0 Å². The van der Waals surface area contributed by atoms with Gasteiger partial charge in [0.1, 0.15) is 0 Å². The minimum atomic E-state index is 0.298. The molecule has 0 aliphatic carbocycles. The summed E-state index contributed by atoms with van der Waals surface area (Å²) in [7, 11) is 0. The molecule has 3 heteroatoms. The number of β-amino-alcohol motifs (C(OH)–C–C–N with tert-alkyl or cyclic N) is 1. The Kier molecular flexibility index (Phi) is 6.22. The third kappa shape index (κ3) is 4.49. The smallest absolute Gasteiger partial charge is 0.0558 e. The lowest BCUT2D eigenvalue weighted by molar-refractivity contribution is 0.100. The highest BCUT2D eigenvalue weighted by atomic mass is 16.3. The van der Waals surface area contributed by atoms with Gasteiger partial charge in [0, 0.05) is 39.3 Å². The second-order valence-corrected chi connectivity index (χ2v) is 4.55. The molecule has 1 aliphatic rings. The van der Waals surface area contributed by atoms with E-state index >= 15 is 0 Å².